The first kappa shape index (κ1) is 17.0. The minimum atomic E-state index is -1.50. The molecule has 4 heteroatoms. The predicted octanol–water partition coefficient (Wildman–Crippen LogP) is 2.84. The number of hydrogen-bond donors (Lipinski definition) is 1. The minimum absolute atomic E-state index is 0.0380. The number of quaternary nitrogens is 1. The number of ether oxygens (including phenoxy) is 1. The molecule has 2 unspecified atom stereocenters. The highest BCUT2D eigenvalue weighted by Crippen LogP contribution is 2.46. The molecule has 1 aromatic rings. The van der Waals surface area contributed by atoms with Crippen molar-refractivity contribution in [2.75, 3.05) is 20.6 Å². The van der Waals surface area contributed by atoms with E-state index in [-0.39, 0.29) is 12.0 Å². The van der Waals surface area contributed by atoms with Gasteiger partial charge in [0.2, 0.25) is 0 Å². The van der Waals surface area contributed by atoms with Gasteiger partial charge in [0.05, 0.1) is 26.6 Å². The van der Waals surface area contributed by atoms with Crippen LogP contribution in [0.2, 0.25) is 0 Å². The number of carbonyl (C=O) groups excluding carboxylic acids is 1. The van der Waals surface area contributed by atoms with Gasteiger partial charge in [-0.1, -0.05) is 43.2 Å². The second-order valence-electron chi connectivity index (χ2n) is 8.85. The van der Waals surface area contributed by atoms with Crippen LogP contribution in [-0.4, -0.2) is 48.3 Å². The standard InChI is InChI=1S/C21H30NO3/c1-22(2)14-15-12-13-18(22)19(15)25-20(23)21(24,17-10-6-7-11-17)16-8-4-3-5-9-16/h3-5,8-9,15,17-19,24H,6-7,10-14H2,1-2H3/q+1/t15?,18-,19?,21+/m1/s1. The Morgan fingerprint density at radius 3 is 2.36 bits per heavy atom. The average Bonchev–Trinajstić information content (AvgIpc) is 3.30. The Morgan fingerprint density at radius 1 is 1.12 bits per heavy atom. The fraction of sp³-hybridized carbons (Fsp3) is 0.667. The third kappa shape index (κ3) is 2.70. The zero-order valence-corrected chi connectivity index (χ0v) is 15.4. The van der Waals surface area contributed by atoms with Crippen LogP contribution in [0.1, 0.15) is 44.1 Å². The van der Waals surface area contributed by atoms with Crippen molar-refractivity contribution in [2.24, 2.45) is 11.8 Å². The Kier molecular flexibility index (Phi) is 4.16. The van der Waals surface area contributed by atoms with Gasteiger partial charge in [0.1, 0.15) is 6.04 Å². The van der Waals surface area contributed by atoms with E-state index in [4.69, 9.17) is 4.74 Å². The summed E-state index contributed by atoms with van der Waals surface area (Å²) in [4.78, 5) is 13.3. The van der Waals surface area contributed by atoms with Crippen molar-refractivity contribution < 1.29 is 19.1 Å². The molecule has 0 amide bonds. The van der Waals surface area contributed by atoms with E-state index < -0.39 is 11.6 Å². The zero-order chi connectivity index (χ0) is 17.7. The van der Waals surface area contributed by atoms with E-state index in [0.29, 0.717) is 17.5 Å². The predicted molar refractivity (Wildman–Crippen MR) is 95.7 cm³/mol. The normalized spacial score (nSPS) is 33.3. The molecule has 1 saturated heterocycles. The van der Waals surface area contributed by atoms with E-state index in [1.54, 1.807) is 0 Å². The summed E-state index contributed by atoms with van der Waals surface area (Å²) in [6, 6.07) is 9.80. The van der Waals surface area contributed by atoms with Gasteiger partial charge >= 0.3 is 5.97 Å². The largest absolute Gasteiger partial charge is 0.453 e. The lowest BCUT2D eigenvalue weighted by molar-refractivity contribution is -0.908. The zero-order valence-electron chi connectivity index (χ0n) is 15.4. The van der Waals surface area contributed by atoms with Crippen molar-refractivity contribution in [1.29, 1.82) is 0 Å². The maximum atomic E-state index is 13.3. The third-order valence-corrected chi connectivity index (χ3v) is 6.99. The van der Waals surface area contributed by atoms with Crippen LogP contribution < -0.4 is 0 Å². The number of rotatable bonds is 4. The molecule has 4 nitrogen and oxygen atoms in total. The average molecular weight is 344 g/mol. The van der Waals surface area contributed by atoms with Crippen LogP contribution in [-0.2, 0) is 15.1 Å². The summed E-state index contributed by atoms with van der Waals surface area (Å²) in [5.74, 6) is -0.0223. The van der Waals surface area contributed by atoms with Gasteiger partial charge in [-0.2, -0.15) is 0 Å². The van der Waals surface area contributed by atoms with Crippen molar-refractivity contribution in [2.45, 2.75) is 56.3 Å². The molecule has 3 fully saturated rings. The molecule has 1 aliphatic heterocycles. The molecule has 1 heterocycles. The van der Waals surface area contributed by atoms with E-state index in [9.17, 15) is 9.90 Å². The summed E-state index contributed by atoms with van der Waals surface area (Å²) in [6.07, 6.45) is 6.13. The number of esters is 1. The molecule has 136 valence electrons. The van der Waals surface area contributed by atoms with Gasteiger partial charge < -0.3 is 14.3 Å². The Hall–Kier alpha value is -1.39. The van der Waals surface area contributed by atoms with E-state index in [0.717, 1.165) is 49.6 Å². The van der Waals surface area contributed by atoms with E-state index >= 15 is 0 Å². The van der Waals surface area contributed by atoms with E-state index in [1.165, 1.54) is 0 Å². The van der Waals surface area contributed by atoms with E-state index in [1.807, 2.05) is 30.3 Å². The highest BCUT2D eigenvalue weighted by molar-refractivity contribution is 5.82. The molecule has 4 rings (SSSR count). The molecule has 1 N–H and O–H groups in total. The molecule has 1 aromatic carbocycles. The number of likely N-dealkylation sites (N-methyl/N-ethyl adjacent to an activating group) is 1. The first-order chi connectivity index (χ1) is 11.9. The third-order valence-electron chi connectivity index (χ3n) is 6.99. The SMILES string of the molecule is C[N+]1(C)CC2CC[C@@H]1C2OC(=O)[C@](O)(c1ccccc1)C1CCCC1. The lowest BCUT2D eigenvalue weighted by Gasteiger charge is -2.35. The van der Waals surface area contributed by atoms with Gasteiger partial charge in [-0.3, -0.25) is 0 Å². The first-order valence-corrected chi connectivity index (χ1v) is 9.74. The summed E-state index contributed by atoms with van der Waals surface area (Å²) in [5, 5.41) is 11.6. The van der Waals surface area contributed by atoms with Crippen molar-refractivity contribution in [1.82, 2.24) is 0 Å². The van der Waals surface area contributed by atoms with Gasteiger partial charge in [0, 0.05) is 12.3 Å². The minimum Gasteiger partial charge on any atom is -0.453 e. The van der Waals surface area contributed by atoms with Crippen molar-refractivity contribution in [3.05, 3.63) is 35.9 Å². The van der Waals surface area contributed by atoms with Crippen LogP contribution in [0.5, 0.6) is 0 Å². The number of hydrogen-bond acceptors (Lipinski definition) is 3. The van der Waals surface area contributed by atoms with Gasteiger partial charge in [-0.25, -0.2) is 4.79 Å². The summed E-state index contributed by atoms with van der Waals surface area (Å²) < 4.78 is 6.99. The molecule has 0 spiro atoms. The number of piperidine rings is 1. The quantitative estimate of drug-likeness (QED) is 0.675. The van der Waals surface area contributed by atoms with Crippen LogP contribution in [0.15, 0.2) is 30.3 Å². The van der Waals surface area contributed by atoms with Crippen LogP contribution in [0.3, 0.4) is 0 Å². The molecule has 2 saturated carbocycles. The van der Waals surface area contributed by atoms with Gasteiger partial charge in [0.25, 0.3) is 0 Å². The second-order valence-corrected chi connectivity index (χ2v) is 8.85. The summed E-state index contributed by atoms with van der Waals surface area (Å²) in [5.41, 5.74) is -0.817. The number of benzene rings is 1. The fourth-order valence-corrected chi connectivity index (χ4v) is 5.65. The molecule has 2 aliphatic carbocycles. The number of nitrogens with zero attached hydrogens (tertiary/aromatic N) is 1. The van der Waals surface area contributed by atoms with Crippen molar-refractivity contribution in [3.63, 3.8) is 0 Å². The Morgan fingerprint density at radius 2 is 1.80 bits per heavy atom. The van der Waals surface area contributed by atoms with Gasteiger partial charge in [-0.05, 0) is 24.8 Å². The fourth-order valence-electron chi connectivity index (χ4n) is 5.65. The summed E-state index contributed by atoms with van der Waals surface area (Å²) in [6.45, 7) is 1.07. The van der Waals surface area contributed by atoms with Crippen LogP contribution in [0, 0.1) is 11.8 Å². The van der Waals surface area contributed by atoms with Crippen LogP contribution in [0.4, 0.5) is 0 Å². The number of fused-ring (bicyclic) bond motifs is 2. The lowest BCUT2D eigenvalue weighted by atomic mass is 9.80. The van der Waals surface area contributed by atoms with Crippen LogP contribution in [0.25, 0.3) is 0 Å². The van der Waals surface area contributed by atoms with Crippen molar-refractivity contribution >= 4 is 5.97 Å². The smallest absolute Gasteiger partial charge is 0.343 e. The Labute approximate surface area is 150 Å². The number of likely N-dealkylation sites (tertiary alicyclic amines) is 1. The second kappa shape index (κ2) is 6.10. The molecule has 3 aliphatic rings. The monoisotopic (exact) mass is 344 g/mol. The first-order valence-electron chi connectivity index (χ1n) is 9.74. The molecule has 0 aromatic heterocycles. The summed E-state index contributed by atoms with van der Waals surface area (Å²) in [7, 11) is 4.45. The highest BCUT2D eigenvalue weighted by Gasteiger charge is 2.58. The van der Waals surface area contributed by atoms with Gasteiger partial charge in [0.15, 0.2) is 11.7 Å². The topological polar surface area (TPSA) is 46.5 Å². The molecular formula is C21H30NO3+. The molecule has 4 atom stereocenters. The van der Waals surface area contributed by atoms with Gasteiger partial charge in [-0.15, -0.1) is 0 Å². The number of carbonyl (C=O) groups is 1. The maximum Gasteiger partial charge on any atom is 0.343 e. The molecule has 0 radical (unpaired) electrons. The lowest BCUT2D eigenvalue weighted by Crippen LogP contribution is -2.50. The highest BCUT2D eigenvalue weighted by atomic mass is 16.6. The van der Waals surface area contributed by atoms with Crippen LogP contribution >= 0.6 is 0 Å². The molecule has 2 bridgehead atoms. The van der Waals surface area contributed by atoms with E-state index in [2.05, 4.69) is 14.1 Å². The van der Waals surface area contributed by atoms with Crippen molar-refractivity contribution in [3.8, 4) is 0 Å². The maximum absolute atomic E-state index is 13.3. The summed E-state index contributed by atoms with van der Waals surface area (Å²) >= 11 is 0. The number of aliphatic hydroxyl groups is 1. The Balaban J connectivity index is 1.61. The molecular weight excluding hydrogens is 314 g/mol. The Bertz CT molecular complexity index is 638. The molecule has 25 heavy (non-hydrogen) atoms.